The number of halogens is 1. The first-order valence-electron chi connectivity index (χ1n) is 5.83. The van der Waals surface area contributed by atoms with Crippen molar-refractivity contribution in [2.45, 2.75) is 32.6 Å². The van der Waals surface area contributed by atoms with Crippen LogP contribution in [0.25, 0.3) is 0 Å². The third-order valence-corrected chi connectivity index (χ3v) is 4.03. The molecule has 0 unspecified atom stereocenters. The number of hydrogen-bond donors (Lipinski definition) is 1. The monoisotopic (exact) mass is 239 g/mol. The van der Waals surface area contributed by atoms with Crippen LogP contribution >= 0.6 is 11.6 Å². The fourth-order valence-corrected chi connectivity index (χ4v) is 2.70. The summed E-state index contributed by atoms with van der Waals surface area (Å²) >= 11 is 6.09. The van der Waals surface area contributed by atoms with Crippen molar-refractivity contribution >= 4 is 17.4 Å². The first-order chi connectivity index (χ1) is 7.76. The van der Waals surface area contributed by atoms with Gasteiger partial charge in [-0.15, -0.1) is 11.6 Å². The standard InChI is InChI=1S/C12H18ClN3/c1-10-11(15-7-6-14-10)16-9-12(8-13)4-2-3-5-12/h6-7H,2-5,8-9H2,1H3,(H,15,16). The number of nitrogens with one attached hydrogen (secondary N) is 1. The van der Waals surface area contributed by atoms with Gasteiger partial charge in [-0.05, 0) is 19.8 Å². The lowest BCUT2D eigenvalue weighted by Crippen LogP contribution is -2.29. The lowest BCUT2D eigenvalue weighted by atomic mass is 9.88. The molecule has 0 aromatic carbocycles. The SMILES string of the molecule is Cc1nccnc1NCC1(CCl)CCCC1. The van der Waals surface area contributed by atoms with Gasteiger partial charge in [0.1, 0.15) is 5.82 Å². The predicted molar refractivity (Wildman–Crippen MR) is 66.9 cm³/mol. The van der Waals surface area contributed by atoms with Crippen LogP contribution in [0.2, 0.25) is 0 Å². The summed E-state index contributed by atoms with van der Waals surface area (Å²) in [5.74, 6) is 1.62. The van der Waals surface area contributed by atoms with Gasteiger partial charge in [-0.3, -0.25) is 4.98 Å². The first kappa shape index (κ1) is 11.6. The molecule has 0 saturated heterocycles. The Bertz CT molecular complexity index is 348. The summed E-state index contributed by atoms with van der Waals surface area (Å²) in [6.07, 6.45) is 8.48. The van der Waals surface area contributed by atoms with Crippen LogP contribution in [0.3, 0.4) is 0 Å². The van der Waals surface area contributed by atoms with Crippen LogP contribution < -0.4 is 5.32 Å². The molecule has 2 rings (SSSR count). The largest absolute Gasteiger partial charge is 0.368 e. The van der Waals surface area contributed by atoms with Gasteiger partial charge in [0.2, 0.25) is 0 Å². The van der Waals surface area contributed by atoms with E-state index in [0.717, 1.165) is 23.9 Å². The number of rotatable bonds is 4. The number of alkyl halides is 1. The lowest BCUT2D eigenvalue weighted by Gasteiger charge is -2.26. The van der Waals surface area contributed by atoms with Crippen LogP contribution in [0.15, 0.2) is 12.4 Å². The molecule has 0 aliphatic heterocycles. The molecule has 1 aliphatic carbocycles. The smallest absolute Gasteiger partial charge is 0.147 e. The fraction of sp³-hybridized carbons (Fsp3) is 0.667. The van der Waals surface area contributed by atoms with Gasteiger partial charge in [0.15, 0.2) is 0 Å². The molecule has 3 nitrogen and oxygen atoms in total. The second-order valence-electron chi connectivity index (χ2n) is 4.68. The number of aryl methyl sites for hydroxylation is 1. The zero-order valence-electron chi connectivity index (χ0n) is 9.67. The van der Waals surface area contributed by atoms with Crippen molar-refractivity contribution in [1.29, 1.82) is 0 Å². The molecule has 88 valence electrons. The summed E-state index contributed by atoms with van der Waals surface area (Å²) in [6.45, 7) is 2.88. The van der Waals surface area contributed by atoms with E-state index in [1.807, 2.05) is 6.92 Å². The van der Waals surface area contributed by atoms with E-state index in [1.165, 1.54) is 25.7 Å². The number of hydrogen-bond acceptors (Lipinski definition) is 3. The van der Waals surface area contributed by atoms with E-state index in [2.05, 4.69) is 15.3 Å². The Kier molecular flexibility index (Phi) is 3.64. The van der Waals surface area contributed by atoms with Gasteiger partial charge < -0.3 is 5.32 Å². The van der Waals surface area contributed by atoms with Gasteiger partial charge in [0.05, 0.1) is 5.69 Å². The molecule has 0 radical (unpaired) electrons. The fourth-order valence-electron chi connectivity index (χ4n) is 2.34. The van der Waals surface area contributed by atoms with Gasteiger partial charge in [-0.25, -0.2) is 4.98 Å². The van der Waals surface area contributed by atoms with Crippen molar-refractivity contribution in [1.82, 2.24) is 9.97 Å². The molecule has 1 aromatic heterocycles. The molecular weight excluding hydrogens is 222 g/mol. The van der Waals surface area contributed by atoms with Gasteiger partial charge >= 0.3 is 0 Å². The van der Waals surface area contributed by atoms with Crippen molar-refractivity contribution in [3.63, 3.8) is 0 Å². The van der Waals surface area contributed by atoms with E-state index in [1.54, 1.807) is 12.4 Å². The molecule has 0 bridgehead atoms. The summed E-state index contributed by atoms with van der Waals surface area (Å²) in [6, 6.07) is 0. The average Bonchev–Trinajstić information content (AvgIpc) is 2.78. The molecule has 1 aliphatic rings. The first-order valence-corrected chi connectivity index (χ1v) is 6.37. The zero-order chi connectivity index (χ0) is 11.4. The van der Waals surface area contributed by atoms with Crippen LogP contribution in [0.4, 0.5) is 5.82 Å². The molecule has 0 amide bonds. The molecule has 1 fully saturated rings. The van der Waals surface area contributed by atoms with Crippen molar-refractivity contribution in [3.8, 4) is 0 Å². The molecule has 4 heteroatoms. The maximum Gasteiger partial charge on any atom is 0.147 e. The van der Waals surface area contributed by atoms with Gasteiger partial charge in [0.25, 0.3) is 0 Å². The van der Waals surface area contributed by atoms with Gasteiger partial charge in [-0.1, -0.05) is 12.8 Å². The number of nitrogens with zero attached hydrogens (tertiary/aromatic N) is 2. The van der Waals surface area contributed by atoms with Crippen LogP contribution in [0, 0.1) is 12.3 Å². The van der Waals surface area contributed by atoms with Crippen LogP contribution in [0.1, 0.15) is 31.4 Å². The predicted octanol–water partition coefficient (Wildman–Crippen LogP) is 3.00. The molecule has 1 saturated carbocycles. The minimum Gasteiger partial charge on any atom is -0.368 e. The third-order valence-electron chi connectivity index (χ3n) is 3.46. The molecule has 1 heterocycles. The Morgan fingerprint density at radius 3 is 2.62 bits per heavy atom. The molecule has 0 spiro atoms. The highest BCUT2D eigenvalue weighted by Crippen LogP contribution is 2.39. The molecular formula is C12H18ClN3. The summed E-state index contributed by atoms with van der Waals surface area (Å²) in [7, 11) is 0. The van der Waals surface area contributed by atoms with Crippen molar-refractivity contribution in [3.05, 3.63) is 18.1 Å². The van der Waals surface area contributed by atoms with Crippen molar-refractivity contribution < 1.29 is 0 Å². The van der Waals surface area contributed by atoms with E-state index in [-0.39, 0.29) is 5.41 Å². The summed E-state index contributed by atoms with van der Waals surface area (Å²) in [5, 5.41) is 3.39. The Hall–Kier alpha value is -0.830. The summed E-state index contributed by atoms with van der Waals surface area (Å²) in [5.41, 5.74) is 1.22. The molecule has 1 N–H and O–H groups in total. The van der Waals surface area contributed by atoms with E-state index in [0.29, 0.717) is 0 Å². The second-order valence-corrected chi connectivity index (χ2v) is 4.95. The van der Waals surface area contributed by atoms with Crippen LogP contribution in [-0.4, -0.2) is 22.4 Å². The van der Waals surface area contributed by atoms with Gasteiger partial charge in [-0.2, -0.15) is 0 Å². The highest BCUT2D eigenvalue weighted by molar-refractivity contribution is 6.18. The second kappa shape index (κ2) is 5.00. The normalized spacial score (nSPS) is 18.6. The van der Waals surface area contributed by atoms with E-state index in [9.17, 15) is 0 Å². The Labute approximate surface area is 102 Å². The van der Waals surface area contributed by atoms with Gasteiger partial charge in [0, 0.05) is 30.2 Å². The van der Waals surface area contributed by atoms with E-state index >= 15 is 0 Å². The maximum absolute atomic E-state index is 6.09. The highest BCUT2D eigenvalue weighted by Gasteiger charge is 2.32. The maximum atomic E-state index is 6.09. The van der Waals surface area contributed by atoms with Crippen LogP contribution in [-0.2, 0) is 0 Å². The lowest BCUT2D eigenvalue weighted by molar-refractivity contribution is 0.368. The summed E-state index contributed by atoms with van der Waals surface area (Å²) < 4.78 is 0. The van der Waals surface area contributed by atoms with E-state index in [4.69, 9.17) is 11.6 Å². The Morgan fingerprint density at radius 1 is 1.31 bits per heavy atom. The van der Waals surface area contributed by atoms with Crippen molar-refractivity contribution in [2.24, 2.45) is 5.41 Å². The number of aromatic nitrogens is 2. The zero-order valence-corrected chi connectivity index (χ0v) is 10.4. The van der Waals surface area contributed by atoms with Crippen LogP contribution in [0.5, 0.6) is 0 Å². The topological polar surface area (TPSA) is 37.8 Å². The quantitative estimate of drug-likeness (QED) is 0.821. The minimum absolute atomic E-state index is 0.269. The highest BCUT2D eigenvalue weighted by atomic mass is 35.5. The Morgan fingerprint density at radius 2 is 2.00 bits per heavy atom. The van der Waals surface area contributed by atoms with Crippen molar-refractivity contribution in [2.75, 3.05) is 17.7 Å². The van der Waals surface area contributed by atoms with E-state index < -0.39 is 0 Å². The summed E-state index contributed by atoms with van der Waals surface area (Å²) in [4.78, 5) is 8.50. The number of anilines is 1. The third kappa shape index (κ3) is 2.46. The minimum atomic E-state index is 0.269. The molecule has 16 heavy (non-hydrogen) atoms. The Balaban J connectivity index is 1.98. The molecule has 0 atom stereocenters. The molecule has 1 aromatic rings. The average molecular weight is 240 g/mol.